The fourth-order valence-electron chi connectivity index (χ4n) is 3.47. The molecule has 0 saturated carbocycles. The van der Waals surface area contributed by atoms with Gasteiger partial charge in [-0.1, -0.05) is 29.8 Å². The van der Waals surface area contributed by atoms with Gasteiger partial charge in [-0.2, -0.15) is 0 Å². The first-order chi connectivity index (χ1) is 15.0. The summed E-state index contributed by atoms with van der Waals surface area (Å²) in [6, 6.07) is 14.6. The number of fused-ring (bicyclic) bond motifs is 1. The van der Waals surface area contributed by atoms with Crippen LogP contribution < -0.4 is 10.1 Å². The van der Waals surface area contributed by atoms with Gasteiger partial charge in [-0.05, 0) is 35.9 Å². The summed E-state index contributed by atoms with van der Waals surface area (Å²) >= 11 is 7.43. The van der Waals surface area contributed by atoms with Crippen molar-refractivity contribution < 1.29 is 14.3 Å². The van der Waals surface area contributed by atoms with E-state index in [0.717, 1.165) is 21.9 Å². The fourth-order valence-corrected chi connectivity index (χ4v) is 4.67. The van der Waals surface area contributed by atoms with E-state index >= 15 is 0 Å². The lowest BCUT2D eigenvalue weighted by Crippen LogP contribution is -2.33. The molecule has 1 N–H and O–H groups in total. The average molecular weight is 456 g/mol. The molecule has 8 heteroatoms. The van der Waals surface area contributed by atoms with Gasteiger partial charge in [0.2, 0.25) is 0 Å². The van der Waals surface area contributed by atoms with Crippen molar-refractivity contribution in [1.82, 2.24) is 15.2 Å². The Bertz CT molecular complexity index is 1070. The molecular weight excluding hydrogens is 434 g/mol. The molecule has 3 aromatic rings. The van der Waals surface area contributed by atoms with Crippen molar-refractivity contribution >= 4 is 34.8 Å². The molecule has 6 nitrogen and oxygen atoms in total. The first-order valence-electron chi connectivity index (χ1n) is 9.98. The third-order valence-electron chi connectivity index (χ3n) is 5.17. The summed E-state index contributed by atoms with van der Waals surface area (Å²) in [7, 11) is 1.62. The predicted octanol–water partition coefficient (Wildman–Crippen LogP) is 3.98. The Hall–Kier alpha value is -2.90. The minimum Gasteiger partial charge on any atom is -0.497 e. The van der Waals surface area contributed by atoms with Crippen LogP contribution in [0.4, 0.5) is 0 Å². The van der Waals surface area contributed by atoms with Gasteiger partial charge in [0, 0.05) is 47.9 Å². The van der Waals surface area contributed by atoms with Crippen LogP contribution in [0.25, 0.3) is 0 Å². The van der Waals surface area contributed by atoms with Crippen LogP contribution in [0.3, 0.4) is 0 Å². The van der Waals surface area contributed by atoms with Gasteiger partial charge in [-0.25, -0.2) is 4.98 Å². The number of carbonyl (C=O) groups excluding carboxylic acids is 2. The Morgan fingerprint density at radius 3 is 2.68 bits per heavy atom. The number of hydrogen-bond donors (Lipinski definition) is 1. The van der Waals surface area contributed by atoms with E-state index < -0.39 is 0 Å². The maximum absolute atomic E-state index is 12.8. The zero-order valence-corrected chi connectivity index (χ0v) is 18.6. The lowest BCUT2D eigenvalue weighted by Gasteiger charge is -2.20. The summed E-state index contributed by atoms with van der Waals surface area (Å²) in [4.78, 5) is 32.8. The number of methoxy groups -OCH3 is 1. The molecule has 1 aliphatic heterocycles. The summed E-state index contributed by atoms with van der Waals surface area (Å²) < 4.78 is 5.15. The normalized spacial score (nSPS) is 13.3. The second-order valence-corrected chi connectivity index (χ2v) is 8.74. The average Bonchev–Trinajstić information content (AvgIpc) is 3.10. The van der Waals surface area contributed by atoms with Crippen LogP contribution in [-0.2, 0) is 19.4 Å². The summed E-state index contributed by atoms with van der Waals surface area (Å²) in [5.74, 6) is 0.567. The van der Waals surface area contributed by atoms with Crippen molar-refractivity contribution in [3.05, 3.63) is 80.3 Å². The van der Waals surface area contributed by atoms with Gasteiger partial charge in [-0.15, -0.1) is 11.3 Å². The minimum absolute atomic E-state index is 0.0323. The van der Waals surface area contributed by atoms with E-state index in [1.807, 2.05) is 29.2 Å². The molecule has 1 aliphatic rings. The number of thiazole rings is 1. The molecule has 2 amide bonds. The third-order valence-corrected chi connectivity index (χ3v) is 6.56. The zero-order chi connectivity index (χ0) is 21.8. The van der Waals surface area contributed by atoms with Gasteiger partial charge in [0.15, 0.2) is 5.01 Å². The van der Waals surface area contributed by atoms with Crippen LogP contribution in [0.5, 0.6) is 5.75 Å². The fraction of sp³-hybridized carbons (Fsp3) is 0.261. The van der Waals surface area contributed by atoms with Crippen LogP contribution >= 0.6 is 22.9 Å². The number of benzene rings is 2. The molecule has 0 atom stereocenters. The summed E-state index contributed by atoms with van der Waals surface area (Å²) in [6.07, 6.45) is 1.31. The molecule has 31 heavy (non-hydrogen) atoms. The van der Waals surface area contributed by atoms with Gasteiger partial charge >= 0.3 is 0 Å². The molecule has 2 heterocycles. The molecule has 0 saturated heterocycles. The van der Waals surface area contributed by atoms with E-state index in [4.69, 9.17) is 16.3 Å². The summed E-state index contributed by atoms with van der Waals surface area (Å²) in [5.41, 5.74) is 2.48. The van der Waals surface area contributed by atoms with Crippen LogP contribution in [-0.4, -0.2) is 41.9 Å². The Morgan fingerprint density at radius 2 is 1.94 bits per heavy atom. The van der Waals surface area contributed by atoms with Crippen LogP contribution in [0.15, 0.2) is 48.5 Å². The highest BCUT2D eigenvalue weighted by Crippen LogP contribution is 2.24. The molecule has 160 valence electrons. The number of hydrogen-bond acceptors (Lipinski definition) is 5. The molecule has 0 fully saturated rings. The van der Waals surface area contributed by atoms with E-state index in [0.29, 0.717) is 48.1 Å². The lowest BCUT2D eigenvalue weighted by molar-refractivity contribution is 0.0762. The van der Waals surface area contributed by atoms with Crippen molar-refractivity contribution in [3.8, 4) is 5.75 Å². The standard InChI is InChI=1S/C23H22ClN3O3S/c1-30-18-7-5-15(6-8-18)14-25-21(28)22-26-19-9-11-27(12-10-20(19)31-22)23(29)16-3-2-4-17(24)13-16/h2-8,13H,9-12,14H2,1H3,(H,25,28). The van der Waals surface area contributed by atoms with E-state index in [9.17, 15) is 9.59 Å². The highest BCUT2D eigenvalue weighted by atomic mass is 35.5. The number of rotatable bonds is 5. The smallest absolute Gasteiger partial charge is 0.280 e. The number of nitrogens with zero attached hydrogens (tertiary/aromatic N) is 2. The Morgan fingerprint density at radius 1 is 1.16 bits per heavy atom. The van der Waals surface area contributed by atoms with Gasteiger partial charge in [0.05, 0.1) is 12.8 Å². The van der Waals surface area contributed by atoms with Crippen molar-refractivity contribution in [2.45, 2.75) is 19.4 Å². The Balaban J connectivity index is 1.36. The molecule has 0 radical (unpaired) electrons. The molecule has 0 bridgehead atoms. The second kappa shape index (κ2) is 9.49. The van der Waals surface area contributed by atoms with Crippen LogP contribution in [0, 0.1) is 0 Å². The van der Waals surface area contributed by atoms with Gasteiger partial charge in [0.1, 0.15) is 5.75 Å². The minimum atomic E-state index is -0.180. The van der Waals surface area contributed by atoms with E-state index in [2.05, 4.69) is 10.3 Å². The largest absolute Gasteiger partial charge is 0.497 e. The first-order valence-corrected chi connectivity index (χ1v) is 11.2. The van der Waals surface area contributed by atoms with Crippen molar-refractivity contribution in [2.75, 3.05) is 20.2 Å². The highest BCUT2D eigenvalue weighted by Gasteiger charge is 2.24. The van der Waals surface area contributed by atoms with E-state index in [1.54, 1.807) is 31.4 Å². The maximum Gasteiger partial charge on any atom is 0.280 e. The van der Waals surface area contributed by atoms with Crippen LogP contribution in [0.2, 0.25) is 5.02 Å². The number of halogens is 1. The molecule has 0 aliphatic carbocycles. The SMILES string of the molecule is COc1ccc(CNC(=O)c2nc3c(s2)CCN(C(=O)c2cccc(Cl)c2)CC3)cc1. The molecule has 0 spiro atoms. The van der Waals surface area contributed by atoms with E-state index in [1.165, 1.54) is 11.3 Å². The molecule has 0 unspecified atom stereocenters. The highest BCUT2D eigenvalue weighted by molar-refractivity contribution is 7.13. The lowest BCUT2D eigenvalue weighted by atomic mass is 10.2. The monoisotopic (exact) mass is 455 g/mol. The molecule has 4 rings (SSSR count). The topological polar surface area (TPSA) is 71.5 Å². The maximum atomic E-state index is 12.8. The number of aromatic nitrogens is 1. The van der Waals surface area contributed by atoms with Crippen LogP contribution in [0.1, 0.15) is 36.3 Å². The molecule has 1 aromatic heterocycles. The quantitative estimate of drug-likeness (QED) is 0.631. The van der Waals surface area contributed by atoms with Crippen molar-refractivity contribution in [2.24, 2.45) is 0 Å². The Kier molecular flexibility index (Phi) is 6.53. The van der Waals surface area contributed by atoms with E-state index in [-0.39, 0.29) is 11.8 Å². The number of carbonyl (C=O) groups is 2. The predicted molar refractivity (Wildman–Crippen MR) is 121 cm³/mol. The molecule has 2 aromatic carbocycles. The number of nitrogens with one attached hydrogen (secondary N) is 1. The summed E-state index contributed by atoms with van der Waals surface area (Å²) in [6.45, 7) is 1.58. The van der Waals surface area contributed by atoms with Crippen molar-refractivity contribution in [3.63, 3.8) is 0 Å². The summed E-state index contributed by atoms with van der Waals surface area (Å²) in [5, 5.41) is 3.94. The Labute approximate surface area is 189 Å². The number of amides is 2. The van der Waals surface area contributed by atoms with Gasteiger partial charge < -0.3 is 15.0 Å². The van der Waals surface area contributed by atoms with Gasteiger partial charge in [-0.3, -0.25) is 9.59 Å². The first kappa shape index (κ1) is 21.3. The van der Waals surface area contributed by atoms with Gasteiger partial charge in [0.25, 0.3) is 11.8 Å². The zero-order valence-electron chi connectivity index (χ0n) is 17.1. The third kappa shape index (κ3) is 5.06. The second-order valence-electron chi connectivity index (χ2n) is 7.22. The number of ether oxygens (including phenoxy) is 1. The van der Waals surface area contributed by atoms with Crippen molar-refractivity contribution in [1.29, 1.82) is 0 Å². The molecular formula is C23H22ClN3O3S.